The fourth-order valence-electron chi connectivity index (χ4n) is 3.27. The molecule has 0 radical (unpaired) electrons. The summed E-state index contributed by atoms with van der Waals surface area (Å²) in [4.78, 5) is 12.8. The number of carbonyl (C=O) groups excluding carboxylic acids is 1. The topological polar surface area (TPSA) is 47.6 Å². The first-order valence-electron chi connectivity index (χ1n) is 9.86. The zero-order valence-corrected chi connectivity index (χ0v) is 18.7. The van der Waals surface area contributed by atoms with Gasteiger partial charge in [0.05, 0.1) is 13.2 Å². The van der Waals surface area contributed by atoms with Crippen molar-refractivity contribution in [3.05, 3.63) is 29.3 Å². The van der Waals surface area contributed by atoms with Gasteiger partial charge in [-0.1, -0.05) is 60.6 Å². The van der Waals surface area contributed by atoms with E-state index in [-0.39, 0.29) is 17.4 Å². The maximum absolute atomic E-state index is 12.8. The van der Waals surface area contributed by atoms with E-state index in [4.69, 9.17) is 9.47 Å². The van der Waals surface area contributed by atoms with Crippen LogP contribution < -0.4 is 10.1 Å². The first-order chi connectivity index (χ1) is 12.4. The molecule has 1 amide bonds. The van der Waals surface area contributed by atoms with Gasteiger partial charge in [0.25, 0.3) is 0 Å². The van der Waals surface area contributed by atoms with E-state index in [2.05, 4.69) is 52.1 Å². The van der Waals surface area contributed by atoms with E-state index in [1.807, 2.05) is 19.9 Å². The fraction of sp³-hybridized carbons (Fsp3) is 0.696. The summed E-state index contributed by atoms with van der Waals surface area (Å²) in [6.07, 6.45) is 1.64. The van der Waals surface area contributed by atoms with Crippen molar-refractivity contribution in [1.29, 1.82) is 0 Å². The first-order valence-corrected chi connectivity index (χ1v) is 9.86. The van der Waals surface area contributed by atoms with Crippen molar-refractivity contribution in [2.24, 2.45) is 16.7 Å². The summed E-state index contributed by atoms with van der Waals surface area (Å²) < 4.78 is 11.0. The van der Waals surface area contributed by atoms with Crippen LogP contribution in [0.15, 0.2) is 18.2 Å². The van der Waals surface area contributed by atoms with Crippen LogP contribution in [0.5, 0.6) is 5.75 Å². The number of benzene rings is 1. The summed E-state index contributed by atoms with van der Waals surface area (Å²) in [6.45, 7) is 15.4. The van der Waals surface area contributed by atoms with E-state index in [1.54, 1.807) is 14.2 Å². The van der Waals surface area contributed by atoms with E-state index in [0.29, 0.717) is 18.9 Å². The van der Waals surface area contributed by atoms with Gasteiger partial charge in [-0.15, -0.1) is 0 Å². The van der Waals surface area contributed by atoms with Gasteiger partial charge >= 0.3 is 0 Å². The summed E-state index contributed by atoms with van der Waals surface area (Å²) >= 11 is 0. The average Bonchev–Trinajstić information content (AvgIpc) is 2.53. The Morgan fingerprint density at radius 3 is 2.19 bits per heavy atom. The van der Waals surface area contributed by atoms with Crippen molar-refractivity contribution >= 4 is 5.91 Å². The molecule has 0 aromatic heterocycles. The Bertz CT molecular complexity index is 615. The lowest BCUT2D eigenvalue weighted by atomic mass is 9.82. The average molecular weight is 378 g/mol. The quantitative estimate of drug-likeness (QED) is 0.682. The molecule has 154 valence electrons. The predicted octanol–water partition coefficient (Wildman–Crippen LogP) is 4.64. The maximum atomic E-state index is 12.8. The van der Waals surface area contributed by atoms with Crippen molar-refractivity contribution in [1.82, 2.24) is 5.32 Å². The normalized spacial score (nSPS) is 13.6. The van der Waals surface area contributed by atoms with Crippen molar-refractivity contribution < 1.29 is 14.3 Å². The van der Waals surface area contributed by atoms with Gasteiger partial charge in [0.2, 0.25) is 5.91 Å². The van der Waals surface area contributed by atoms with Crippen LogP contribution >= 0.6 is 0 Å². The van der Waals surface area contributed by atoms with Crippen LogP contribution in [0.1, 0.15) is 59.6 Å². The highest BCUT2D eigenvalue weighted by molar-refractivity contribution is 5.82. The van der Waals surface area contributed by atoms with Gasteiger partial charge in [-0.2, -0.15) is 0 Å². The summed E-state index contributed by atoms with van der Waals surface area (Å²) in [5.74, 6) is 1.33. The predicted molar refractivity (Wildman–Crippen MR) is 112 cm³/mol. The molecule has 0 spiro atoms. The molecule has 0 fully saturated rings. The number of ether oxygens (including phenoxy) is 2. The lowest BCUT2D eigenvalue weighted by molar-refractivity contribution is -0.130. The molecule has 27 heavy (non-hydrogen) atoms. The molecular formula is C23H39NO3. The third kappa shape index (κ3) is 7.53. The lowest BCUT2D eigenvalue weighted by Gasteiger charge is -2.27. The molecular weight excluding hydrogens is 338 g/mol. The van der Waals surface area contributed by atoms with Crippen LogP contribution in [0, 0.1) is 16.7 Å². The van der Waals surface area contributed by atoms with Gasteiger partial charge in [0.15, 0.2) is 0 Å². The van der Waals surface area contributed by atoms with E-state index in [1.165, 1.54) is 5.56 Å². The number of rotatable bonds is 9. The van der Waals surface area contributed by atoms with Gasteiger partial charge in [0.1, 0.15) is 5.75 Å². The second-order valence-electron chi connectivity index (χ2n) is 9.67. The largest absolute Gasteiger partial charge is 0.496 e. The molecule has 0 aliphatic carbocycles. The van der Waals surface area contributed by atoms with Gasteiger partial charge in [0, 0.05) is 19.1 Å². The molecule has 0 bridgehead atoms. The van der Waals surface area contributed by atoms with Crippen LogP contribution in [-0.4, -0.2) is 32.8 Å². The van der Waals surface area contributed by atoms with Crippen LogP contribution in [0.25, 0.3) is 0 Å². The number of methoxy groups -OCH3 is 2. The molecule has 4 nitrogen and oxygen atoms in total. The molecule has 1 N–H and O–H groups in total. The maximum Gasteiger partial charge on any atom is 0.226 e. The number of hydrogen-bond acceptors (Lipinski definition) is 3. The van der Waals surface area contributed by atoms with Gasteiger partial charge < -0.3 is 14.8 Å². The highest BCUT2D eigenvalue weighted by Gasteiger charge is 2.29. The monoisotopic (exact) mass is 377 g/mol. The molecule has 1 rings (SSSR count). The highest BCUT2D eigenvalue weighted by Crippen LogP contribution is 2.30. The minimum Gasteiger partial charge on any atom is -0.496 e. The van der Waals surface area contributed by atoms with Gasteiger partial charge in [-0.3, -0.25) is 4.79 Å². The number of nitrogens with one attached hydrogen (secondary N) is 1. The molecule has 0 aliphatic rings. The summed E-state index contributed by atoms with van der Waals surface area (Å²) in [5.41, 5.74) is 2.02. The Kier molecular flexibility index (Phi) is 8.34. The van der Waals surface area contributed by atoms with Crippen LogP contribution in [-0.2, 0) is 22.4 Å². The van der Waals surface area contributed by atoms with Crippen LogP contribution in [0.2, 0.25) is 0 Å². The minimum absolute atomic E-state index is 0.0316. The van der Waals surface area contributed by atoms with Crippen molar-refractivity contribution in [2.75, 3.05) is 20.8 Å². The lowest BCUT2D eigenvalue weighted by Crippen LogP contribution is -2.43. The molecule has 0 saturated carbocycles. The third-order valence-corrected chi connectivity index (χ3v) is 4.84. The Morgan fingerprint density at radius 2 is 1.70 bits per heavy atom. The van der Waals surface area contributed by atoms with Crippen molar-refractivity contribution in [3.63, 3.8) is 0 Å². The Morgan fingerprint density at radius 1 is 1.07 bits per heavy atom. The molecule has 0 aliphatic heterocycles. The van der Waals surface area contributed by atoms with Crippen LogP contribution in [0.3, 0.4) is 0 Å². The number of carbonyl (C=O) groups is 1. The molecule has 1 atom stereocenters. The smallest absolute Gasteiger partial charge is 0.226 e. The second-order valence-corrected chi connectivity index (χ2v) is 9.67. The van der Waals surface area contributed by atoms with Crippen LogP contribution in [0.4, 0.5) is 0 Å². The first kappa shape index (κ1) is 23.5. The van der Waals surface area contributed by atoms with Crippen molar-refractivity contribution in [2.45, 2.75) is 67.4 Å². The minimum atomic E-state index is -0.497. The molecule has 1 aromatic carbocycles. The zero-order chi connectivity index (χ0) is 20.8. The van der Waals surface area contributed by atoms with E-state index >= 15 is 0 Å². The van der Waals surface area contributed by atoms with Crippen molar-refractivity contribution in [3.8, 4) is 5.75 Å². The Balaban J connectivity index is 2.88. The molecule has 0 saturated heterocycles. The Labute approximate surface area is 166 Å². The molecule has 1 unspecified atom stereocenters. The van der Waals surface area contributed by atoms with E-state index < -0.39 is 5.41 Å². The number of amides is 1. The fourth-order valence-corrected chi connectivity index (χ4v) is 3.27. The SMILES string of the molecule is COc1ccc(CC(C)(C)C(=O)NCC(OC)C(C)C)cc1CC(C)(C)C. The third-order valence-electron chi connectivity index (χ3n) is 4.84. The Hall–Kier alpha value is -1.55. The highest BCUT2D eigenvalue weighted by atomic mass is 16.5. The van der Waals surface area contributed by atoms with E-state index in [9.17, 15) is 4.79 Å². The number of hydrogen-bond donors (Lipinski definition) is 1. The van der Waals surface area contributed by atoms with Gasteiger partial charge in [-0.25, -0.2) is 0 Å². The van der Waals surface area contributed by atoms with Gasteiger partial charge in [-0.05, 0) is 41.4 Å². The summed E-state index contributed by atoms with van der Waals surface area (Å²) in [7, 11) is 3.40. The standard InChI is InChI=1S/C23H39NO3/c1-16(2)20(27-9)15-24-21(25)23(6,7)13-17-10-11-19(26-8)18(12-17)14-22(3,4)5/h10-12,16,20H,13-15H2,1-9H3,(H,24,25). The summed E-state index contributed by atoms with van der Waals surface area (Å²) in [5, 5.41) is 3.06. The summed E-state index contributed by atoms with van der Waals surface area (Å²) in [6, 6.07) is 6.27. The zero-order valence-electron chi connectivity index (χ0n) is 18.7. The molecule has 1 aromatic rings. The second kappa shape index (κ2) is 9.59. The molecule has 0 heterocycles. The van der Waals surface area contributed by atoms with E-state index in [0.717, 1.165) is 17.7 Å². The molecule has 4 heteroatoms.